The third-order valence-electron chi connectivity index (χ3n) is 3.98. The highest BCUT2D eigenvalue weighted by atomic mass is 35.5. The summed E-state index contributed by atoms with van der Waals surface area (Å²) in [6.45, 7) is 1.44. The zero-order valence-corrected chi connectivity index (χ0v) is 19.5. The molecule has 1 N–H and O–H groups in total. The molecule has 3 rings (SSSR count). The van der Waals surface area contributed by atoms with E-state index >= 15 is 0 Å². The highest BCUT2D eigenvalue weighted by Gasteiger charge is 2.31. The van der Waals surface area contributed by atoms with E-state index in [0.717, 1.165) is 27.5 Å². The van der Waals surface area contributed by atoms with Crippen molar-refractivity contribution in [3.8, 4) is 10.6 Å². The molecule has 0 aliphatic carbocycles. The van der Waals surface area contributed by atoms with Gasteiger partial charge in [-0.2, -0.15) is 0 Å². The van der Waals surface area contributed by atoms with Crippen molar-refractivity contribution >= 4 is 72.9 Å². The van der Waals surface area contributed by atoms with E-state index in [4.69, 9.17) is 34.8 Å². The average Bonchev–Trinajstić information content (AvgIpc) is 3.12. The second-order valence-electron chi connectivity index (χ2n) is 6.24. The van der Waals surface area contributed by atoms with Crippen LogP contribution in [0.15, 0.2) is 42.5 Å². The van der Waals surface area contributed by atoms with Gasteiger partial charge in [0.25, 0.3) is 0 Å². The number of benzene rings is 2. The molecular weight excluding hydrogens is 491 g/mol. The lowest BCUT2D eigenvalue weighted by Crippen LogP contribution is -2.45. The number of carbonyl (C=O) groups is 1. The first-order valence-corrected chi connectivity index (χ1v) is 12.2. The lowest BCUT2D eigenvalue weighted by molar-refractivity contribution is -0.116. The molecule has 1 unspecified atom stereocenters. The number of hydrogen-bond donors (Lipinski definition) is 1. The summed E-state index contributed by atoms with van der Waals surface area (Å²) in [6.07, 6.45) is 0.984. The molecule has 0 saturated carbocycles. The quantitative estimate of drug-likeness (QED) is 0.511. The first kappa shape index (κ1) is 22.8. The molecular formula is C18H15Cl3N4O3S2. The Hall–Kier alpha value is -1.91. The SMILES string of the molecule is CC(C(=O)Nc1nnc(-c2ccc(Cl)cc2)s1)N(c1cc(Cl)ccc1Cl)S(C)(=O)=O. The molecule has 0 radical (unpaired) electrons. The maximum atomic E-state index is 12.8. The van der Waals surface area contributed by atoms with Crippen LogP contribution in [-0.4, -0.2) is 36.8 Å². The number of halogens is 3. The van der Waals surface area contributed by atoms with Crippen LogP contribution in [0.25, 0.3) is 10.6 Å². The van der Waals surface area contributed by atoms with Crippen molar-refractivity contribution in [3.63, 3.8) is 0 Å². The molecule has 158 valence electrons. The Morgan fingerprint density at radius 3 is 2.33 bits per heavy atom. The molecule has 0 saturated heterocycles. The van der Waals surface area contributed by atoms with Gasteiger partial charge in [-0.3, -0.25) is 14.4 Å². The number of sulfonamides is 1. The molecule has 12 heteroatoms. The third kappa shape index (κ3) is 5.22. The molecule has 30 heavy (non-hydrogen) atoms. The zero-order chi connectivity index (χ0) is 22.1. The summed E-state index contributed by atoms with van der Waals surface area (Å²) in [7, 11) is -3.85. The predicted octanol–water partition coefficient (Wildman–Crippen LogP) is 4.96. The largest absolute Gasteiger partial charge is 0.299 e. The molecule has 0 fully saturated rings. The smallest absolute Gasteiger partial charge is 0.249 e. The van der Waals surface area contributed by atoms with Crippen molar-refractivity contribution in [2.75, 3.05) is 15.9 Å². The van der Waals surface area contributed by atoms with Gasteiger partial charge >= 0.3 is 0 Å². The Morgan fingerprint density at radius 1 is 1.07 bits per heavy atom. The minimum absolute atomic E-state index is 0.105. The lowest BCUT2D eigenvalue weighted by Gasteiger charge is -2.28. The molecule has 3 aromatic rings. The summed E-state index contributed by atoms with van der Waals surface area (Å²) in [5, 5.41) is 12.4. The van der Waals surface area contributed by atoms with E-state index in [9.17, 15) is 13.2 Å². The van der Waals surface area contributed by atoms with Crippen LogP contribution in [0.2, 0.25) is 15.1 Å². The van der Waals surface area contributed by atoms with Crippen molar-refractivity contribution in [3.05, 3.63) is 57.5 Å². The third-order valence-corrected chi connectivity index (χ3v) is 6.90. The second kappa shape index (κ2) is 9.07. The van der Waals surface area contributed by atoms with Crippen LogP contribution < -0.4 is 9.62 Å². The Kier molecular flexibility index (Phi) is 6.88. The summed E-state index contributed by atoms with van der Waals surface area (Å²) in [6, 6.07) is 10.3. The van der Waals surface area contributed by atoms with Crippen molar-refractivity contribution in [2.45, 2.75) is 13.0 Å². The van der Waals surface area contributed by atoms with Gasteiger partial charge in [0.15, 0.2) is 0 Å². The fourth-order valence-electron chi connectivity index (χ4n) is 2.63. The number of anilines is 2. The molecule has 2 aromatic carbocycles. The van der Waals surface area contributed by atoms with Crippen LogP contribution in [0.4, 0.5) is 10.8 Å². The van der Waals surface area contributed by atoms with Gasteiger partial charge in [-0.25, -0.2) is 8.42 Å². The molecule has 1 aromatic heterocycles. The molecule has 0 spiro atoms. The normalized spacial score (nSPS) is 12.4. The van der Waals surface area contributed by atoms with E-state index in [-0.39, 0.29) is 20.9 Å². The summed E-state index contributed by atoms with van der Waals surface area (Å²) < 4.78 is 25.8. The number of hydrogen-bond acceptors (Lipinski definition) is 6. The van der Waals surface area contributed by atoms with Crippen molar-refractivity contribution in [2.24, 2.45) is 0 Å². The Balaban J connectivity index is 1.84. The van der Waals surface area contributed by atoms with Crippen LogP contribution in [0.5, 0.6) is 0 Å². The molecule has 1 heterocycles. The van der Waals surface area contributed by atoms with Gasteiger partial charge in [-0.15, -0.1) is 10.2 Å². The number of aromatic nitrogens is 2. The van der Waals surface area contributed by atoms with E-state index in [2.05, 4.69) is 15.5 Å². The maximum absolute atomic E-state index is 12.8. The monoisotopic (exact) mass is 504 g/mol. The summed E-state index contributed by atoms with van der Waals surface area (Å²) in [4.78, 5) is 12.8. The number of rotatable bonds is 6. The van der Waals surface area contributed by atoms with E-state index in [1.807, 2.05) is 0 Å². The Bertz CT molecular complexity index is 1180. The molecule has 1 amide bonds. The topological polar surface area (TPSA) is 92.3 Å². The van der Waals surface area contributed by atoms with Gasteiger partial charge in [0, 0.05) is 15.6 Å². The molecule has 0 aliphatic heterocycles. The van der Waals surface area contributed by atoms with Gasteiger partial charge in [0.05, 0.1) is 17.0 Å². The van der Waals surface area contributed by atoms with Gasteiger partial charge in [0.2, 0.25) is 21.1 Å². The maximum Gasteiger partial charge on any atom is 0.249 e. The fraction of sp³-hybridized carbons (Fsp3) is 0.167. The van der Waals surface area contributed by atoms with Crippen molar-refractivity contribution < 1.29 is 13.2 Å². The lowest BCUT2D eigenvalue weighted by atomic mass is 10.2. The van der Waals surface area contributed by atoms with E-state index < -0.39 is 22.0 Å². The highest BCUT2D eigenvalue weighted by molar-refractivity contribution is 7.92. The first-order chi connectivity index (χ1) is 14.1. The van der Waals surface area contributed by atoms with Crippen LogP contribution >= 0.6 is 46.1 Å². The van der Waals surface area contributed by atoms with Crippen LogP contribution in [-0.2, 0) is 14.8 Å². The van der Waals surface area contributed by atoms with E-state index in [1.54, 1.807) is 24.3 Å². The molecule has 0 aliphatic rings. The summed E-state index contributed by atoms with van der Waals surface area (Å²) in [5.41, 5.74) is 0.891. The highest BCUT2D eigenvalue weighted by Crippen LogP contribution is 2.33. The van der Waals surface area contributed by atoms with Crippen LogP contribution in [0, 0.1) is 0 Å². The summed E-state index contributed by atoms with van der Waals surface area (Å²) in [5.74, 6) is -0.602. The van der Waals surface area contributed by atoms with Crippen LogP contribution in [0.1, 0.15) is 6.92 Å². The van der Waals surface area contributed by atoms with Gasteiger partial charge in [0.1, 0.15) is 11.0 Å². The first-order valence-electron chi connectivity index (χ1n) is 8.41. The van der Waals surface area contributed by atoms with Gasteiger partial charge < -0.3 is 0 Å². The molecule has 7 nitrogen and oxygen atoms in total. The fourth-order valence-corrected chi connectivity index (χ4v) is 5.11. The Morgan fingerprint density at radius 2 is 1.70 bits per heavy atom. The number of nitrogens with zero attached hydrogens (tertiary/aromatic N) is 3. The predicted molar refractivity (Wildman–Crippen MR) is 122 cm³/mol. The minimum Gasteiger partial charge on any atom is -0.299 e. The van der Waals surface area contributed by atoms with Gasteiger partial charge in [-0.05, 0) is 37.3 Å². The molecule has 0 bridgehead atoms. The summed E-state index contributed by atoms with van der Waals surface area (Å²) >= 11 is 19.2. The number of amides is 1. The molecule has 1 atom stereocenters. The van der Waals surface area contributed by atoms with Crippen molar-refractivity contribution in [1.82, 2.24) is 10.2 Å². The average molecular weight is 506 g/mol. The number of nitrogens with one attached hydrogen (secondary N) is 1. The minimum atomic E-state index is -3.85. The van der Waals surface area contributed by atoms with Crippen molar-refractivity contribution in [1.29, 1.82) is 0 Å². The van der Waals surface area contributed by atoms with Gasteiger partial charge in [-0.1, -0.05) is 58.3 Å². The number of carbonyl (C=O) groups excluding carboxylic acids is 1. The van der Waals surface area contributed by atoms with E-state index in [1.165, 1.54) is 25.1 Å². The van der Waals surface area contributed by atoms with Crippen LogP contribution in [0.3, 0.4) is 0 Å². The Labute approximate surface area is 192 Å². The standard InChI is InChI=1S/C18H15Cl3N4O3S2/c1-10(25(30(2,27)28)15-9-13(20)7-8-14(15)21)16(26)22-18-24-23-17(29-18)11-3-5-12(19)6-4-11/h3-10H,1-2H3,(H,22,24,26). The van der Waals surface area contributed by atoms with E-state index in [0.29, 0.717) is 10.0 Å². The zero-order valence-electron chi connectivity index (χ0n) is 15.6. The second-order valence-corrected chi connectivity index (χ2v) is 10.4.